The molecule has 0 radical (unpaired) electrons. The Kier molecular flexibility index (Phi) is 9.57. The maximum Gasteiger partial charge on any atom is 0.331 e. The maximum atomic E-state index is 13.3. The monoisotopic (exact) mass is 562 g/mol. The molecule has 1 fully saturated rings. The molecular formula is C31H31FN2O7. The number of methoxy groups -OCH3 is 1. The highest BCUT2D eigenvalue weighted by Gasteiger charge is 2.36. The third-order valence-electron chi connectivity index (χ3n) is 6.10. The van der Waals surface area contributed by atoms with Gasteiger partial charge in [-0.15, -0.1) is 0 Å². The van der Waals surface area contributed by atoms with Crippen molar-refractivity contribution in [3.8, 4) is 23.0 Å². The molecule has 0 saturated carbocycles. The molecule has 3 aromatic rings. The van der Waals surface area contributed by atoms with E-state index in [9.17, 15) is 18.8 Å². The number of imide groups is 2. The molecule has 9 nitrogen and oxygen atoms in total. The van der Waals surface area contributed by atoms with Crippen molar-refractivity contribution in [1.82, 2.24) is 10.2 Å². The Balaban J connectivity index is 1.53. The smallest absolute Gasteiger partial charge is 0.331 e. The SMILES string of the molecule is CCCOc1ccc(CN2C(=O)NC(=O)/C(=C\c3ccc(OCc4ccc(F)cc4)c(OC)c3)C2=O)cc1OCC. The largest absolute Gasteiger partial charge is 0.493 e. The van der Waals surface area contributed by atoms with E-state index in [1.807, 2.05) is 13.8 Å². The number of benzene rings is 3. The third kappa shape index (κ3) is 7.21. The van der Waals surface area contributed by atoms with E-state index >= 15 is 0 Å². The molecule has 0 unspecified atom stereocenters. The van der Waals surface area contributed by atoms with Crippen LogP contribution in [0.1, 0.15) is 37.0 Å². The Morgan fingerprint density at radius 1 is 0.829 bits per heavy atom. The lowest BCUT2D eigenvalue weighted by Gasteiger charge is -2.26. The molecule has 1 N–H and O–H groups in total. The minimum atomic E-state index is -0.816. The van der Waals surface area contributed by atoms with Crippen LogP contribution in [0.2, 0.25) is 0 Å². The molecule has 1 saturated heterocycles. The van der Waals surface area contributed by atoms with Gasteiger partial charge >= 0.3 is 6.03 Å². The van der Waals surface area contributed by atoms with E-state index in [1.165, 1.54) is 25.3 Å². The van der Waals surface area contributed by atoms with E-state index in [0.717, 1.165) is 16.9 Å². The quantitative estimate of drug-likeness (QED) is 0.237. The van der Waals surface area contributed by atoms with E-state index in [-0.39, 0.29) is 24.5 Å². The minimum absolute atomic E-state index is 0.0805. The fourth-order valence-electron chi connectivity index (χ4n) is 4.07. The predicted molar refractivity (Wildman–Crippen MR) is 149 cm³/mol. The summed E-state index contributed by atoms with van der Waals surface area (Å²) in [6.45, 7) is 4.88. The molecule has 0 spiro atoms. The molecule has 0 aromatic heterocycles. The average Bonchev–Trinajstić information content (AvgIpc) is 2.97. The lowest BCUT2D eigenvalue weighted by Crippen LogP contribution is -2.53. The number of nitrogens with zero attached hydrogens (tertiary/aromatic N) is 1. The first-order valence-corrected chi connectivity index (χ1v) is 13.2. The van der Waals surface area contributed by atoms with Crippen LogP contribution in [0.15, 0.2) is 66.2 Å². The highest BCUT2D eigenvalue weighted by Crippen LogP contribution is 2.31. The molecule has 10 heteroatoms. The molecule has 41 heavy (non-hydrogen) atoms. The van der Waals surface area contributed by atoms with Gasteiger partial charge in [-0.2, -0.15) is 0 Å². The van der Waals surface area contributed by atoms with Gasteiger partial charge in [0.2, 0.25) is 0 Å². The van der Waals surface area contributed by atoms with Crippen molar-refractivity contribution < 1.29 is 37.7 Å². The average molecular weight is 563 g/mol. The predicted octanol–water partition coefficient (Wildman–Crippen LogP) is 5.26. The number of nitrogens with one attached hydrogen (secondary N) is 1. The maximum absolute atomic E-state index is 13.3. The summed E-state index contributed by atoms with van der Waals surface area (Å²) in [6, 6.07) is 15.2. The lowest BCUT2D eigenvalue weighted by atomic mass is 10.1. The second kappa shape index (κ2) is 13.5. The van der Waals surface area contributed by atoms with Crippen LogP contribution in [0, 0.1) is 5.82 Å². The van der Waals surface area contributed by atoms with Crippen molar-refractivity contribution in [1.29, 1.82) is 0 Å². The first-order chi connectivity index (χ1) is 19.8. The molecule has 0 aliphatic carbocycles. The topological polar surface area (TPSA) is 103 Å². The molecular weight excluding hydrogens is 531 g/mol. The summed E-state index contributed by atoms with van der Waals surface area (Å²) < 4.78 is 35.8. The fourth-order valence-corrected chi connectivity index (χ4v) is 4.07. The molecule has 1 aliphatic heterocycles. The minimum Gasteiger partial charge on any atom is -0.493 e. The van der Waals surface area contributed by atoms with Gasteiger partial charge in [0.15, 0.2) is 23.0 Å². The van der Waals surface area contributed by atoms with E-state index in [2.05, 4.69) is 5.32 Å². The Labute approximate surface area is 237 Å². The molecule has 4 amide bonds. The molecule has 0 atom stereocenters. The number of urea groups is 1. The van der Waals surface area contributed by atoms with Crippen LogP contribution in [-0.2, 0) is 22.7 Å². The number of hydrogen-bond donors (Lipinski definition) is 1. The highest BCUT2D eigenvalue weighted by molar-refractivity contribution is 6.30. The summed E-state index contributed by atoms with van der Waals surface area (Å²) in [4.78, 5) is 39.5. The van der Waals surface area contributed by atoms with Crippen LogP contribution in [-0.4, -0.2) is 43.1 Å². The van der Waals surface area contributed by atoms with E-state index in [1.54, 1.807) is 48.5 Å². The van der Waals surface area contributed by atoms with Gasteiger partial charge in [0.05, 0.1) is 26.9 Å². The summed E-state index contributed by atoms with van der Waals surface area (Å²) in [7, 11) is 1.46. The Bertz CT molecular complexity index is 1450. The van der Waals surface area contributed by atoms with Crippen molar-refractivity contribution in [3.05, 3.63) is 88.7 Å². The first-order valence-electron chi connectivity index (χ1n) is 13.2. The summed E-state index contributed by atoms with van der Waals surface area (Å²) in [5.41, 5.74) is 1.67. The molecule has 4 rings (SSSR count). The summed E-state index contributed by atoms with van der Waals surface area (Å²) in [5, 5.41) is 2.23. The molecule has 0 bridgehead atoms. The fraction of sp³-hybridized carbons (Fsp3) is 0.258. The van der Waals surface area contributed by atoms with Crippen LogP contribution in [0.3, 0.4) is 0 Å². The van der Waals surface area contributed by atoms with E-state index in [0.29, 0.717) is 47.3 Å². The Hall–Kier alpha value is -4.86. The number of rotatable bonds is 12. The zero-order valence-electron chi connectivity index (χ0n) is 23.1. The summed E-state index contributed by atoms with van der Waals surface area (Å²) in [5.74, 6) is -0.0107. The van der Waals surface area contributed by atoms with Gasteiger partial charge in [-0.3, -0.25) is 19.8 Å². The molecule has 214 valence electrons. The Morgan fingerprint density at radius 3 is 2.24 bits per heavy atom. The number of ether oxygens (including phenoxy) is 4. The standard InChI is InChI=1S/C31H31FN2O7/c1-4-14-40-26-13-9-22(17-28(26)39-5-2)18-34-30(36)24(29(35)33-31(34)37)15-21-8-12-25(27(16-21)38-3)41-19-20-6-10-23(32)11-7-20/h6-13,15-17H,4-5,14,18-19H2,1-3H3,(H,33,35,37)/b24-15+. The van der Waals surface area contributed by atoms with Gasteiger partial charge in [-0.05, 0) is 72.5 Å². The van der Waals surface area contributed by atoms with Gasteiger partial charge in [0.25, 0.3) is 11.8 Å². The van der Waals surface area contributed by atoms with Crippen molar-refractivity contribution in [2.75, 3.05) is 20.3 Å². The first kappa shape index (κ1) is 29.1. The van der Waals surface area contributed by atoms with Crippen molar-refractivity contribution in [2.45, 2.75) is 33.4 Å². The molecule has 1 aliphatic rings. The Morgan fingerprint density at radius 2 is 1.54 bits per heavy atom. The van der Waals surface area contributed by atoms with Gasteiger partial charge < -0.3 is 18.9 Å². The van der Waals surface area contributed by atoms with E-state index < -0.39 is 17.8 Å². The molecule has 1 heterocycles. The number of hydrogen-bond acceptors (Lipinski definition) is 7. The van der Waals surface area contributed by atoms with Crippen molar-refractivity contribution in [2.24, 2.45) is 0 Å². The van der Waals surface area contributed by atoms with Gasteiger partial charge in [0.1, 0.15) is 18.0 Å². The van der Waals surface area contributed by atoms with Gasteiger partial charge in [0, 0.05) is 0 Å². The second-order valence-electron chi connectivity index (χ2n) is 9.10. The normalized spacial score (nSPS) is 14.2. The van der Waals surface area contributed by atoms with E-state index in [4.69, 9.17) is 18.9 Å². The summed E-state index contributed by atoms with van der Waals surface area (Å²) >= 11 is 0. The third-order valence-corrected chi connectivity index (χ3v) is 6.10. The number of carbonyl (C=O) groups is 3. The number of amides is 4. The number of halogens is 1. The van der Waals surface area contributed by atoms with Crippen LogP contribution in [0.4, 0.5) is 9.18 Å². The van der Waals surface area contributed by atoms with Crippen molar-refractivity contribution >= 4 is 23.9 Å². The van der Waals surface area contributed by atoms with Crippen LogP contribution >= 0.6 is 0 Å². The van der Waals surface area contributed by atoms with Gasteiger partial charge in [-0.25, -0.2) is 9.18 Å². The van der Waals surface area contributed by atoms with Gasteiger partial charge in [-0.1, -0.05) is 31.2 Å². The van der Waals surface area contributed by atoms with Crippen LogP contribution in [0.25, 0.3) is 6.08 Å². The number of carbonyl (C=O) groups excluding carboxylic acids is 3. The second-order valence-corrected chi connectivity index (χ2v) is 9.10. The van der Waals surface area contributed by atoms with Crippen molar-refractivity contribution in [3.63, 3.8) is 0 Å². The van der Waals surface area contributed by atoms with Crippen LogP contribution < -0.4 is 24.3 Å². The number of barbiturate groups is 1. The molecule has 3 aromatic carbocycles. The highest BCUT2D eigenvalue weighted by atomic mass is 19.1. The lowest BCUT2D eigenvalue weighted by molar-refractivity contribution is -0.130. The van der Waals surface area contributed by atoms with Crippen LogP contribution in [0.5, 0.6) is 23.0 Å². The zero-order valence-corrected chi connectivity index (χ0v) is 23.1. The summed E-state index contributed by atoms with van der Waals surface area (Å²) in [6.07, 6.45) is 2.22. The zero-order chi connectivity index (χ0) is 29.4.